The minimum Gasteiger partial charge on any atom is -0.469 e. The zero-order valence-corrected chi connectivity index (χ0v) is 22.6. The van der Waals surface area contributed by atoms with E-state index in [0.717, 1.165) is 46.4 Å². The first-order chi connectivity index (χ1) is 18.6. The Hall–Kier alpha value is -3.55. The van der Waals surface area contributed by atoms with Crippen molar-refractivity contribution < 1.29 is 23.0 Å². The smallest absolute Gasteiger partial charge is 0.153 e. The average molecular weight is 531 g/mol. The van der Waals surface area contributed by atoms with Crippen LogP contribution in [0.5, 0.6) is 0 Å². The third kappa shape index (κ3) is 4.34. The lowest BCUT2D eigenvalue weighted by molar-refractivity contribution is 0.0551. The maximum absolute atomic E-state index is 16.6. The number of halogens is 2. The molecular formula is C32H32F2N2O3. The molecule has 0 bridgehead atoms. The SMILES string of the molecule is Cc1coc(C)c1-c1cnc2c3ccc(C(C)(C)O)c(F)c3n(C(c3ccc(F)cc3)C3CCOCC3)c2c1. The Morgan fingerprint density at radius 1 is 1.05 bits per heavy atom. The normalized spacial score (nSPS) is 15.9. The maximum atomic E-state index is 16.6. The van der Waals surface area contributed by atoms with Crippen LogP contribution in [0.4, 0.5) is 8.78 Å². The fourth-order valence-corrected chi connectivity index (χ4v) is 6.18. The Morgan fingerprint density at radius 2 is 1.77 bits per heavy atom. The number of nitrogens with zero attached hydrogens (tertiary/aromatic N) is 2. The maximum Gasteiger partial charge on any atom is 0.153 e. The highest BCUT2D eigenvalue weighted by Crippen LogP contribution is 2.43. The van der Waals surface area contributed by atoms with Gasteiger partial charge in [-0.15, -0.1) is 0 Å². The Kier molecular flexibility index (Phi) is 6.31. The van der Waals surface area contributed by atoms with E-state index in [9.17, 15) is 9.50 Å². The third-order valence-electron chi connectivity index (χ3n) is 8.05. The molecule has 4 heterocycles. The van der Waals surface area contributed by atoms with Crippen LogP contribution in [0.2, 0.25) is 0 Å². The van der Waals surface area contributed by atoms with Crippen LogP contribution in [0.25, 0.3) is 33.1 Å². The van der Waals surface area contributed by atoms with Crippen LogP contribution in [0.1, 0.15) is 55.2 Å². The lowest BCUT2D eigenvalue weighted by Gasteiger charge is -2.33. The second-order valence-corrected chi connectivity index (χ2v) is 11.1. The molecule has 1 aliphatic rings. The van der Waals surface area contributed by atoms with Gasteiger partial charge < -0.3 is 18.8 Å². The molecule has 6 rings (SSSR count). The topological polar surface area (TPSA) is 60.4 Å². The summed E-state index contributed by atoms with van der Waals surface area (Å²) in [5.74, 6) is 0.104. The highest BCUT2D eigenvalue weighted by molar-refractivity contribution is 6.07. The van der Waals surface area contributed by atoms with Crippen molar-refractivity contribution in [3.8, 4) is 11.1 Å². The van der Waals surface area contributed by atoms with Crippen molar-refractivity contribution in [2.75, 3.05) is 13.2 Å². The van der Waals surface area contributed by atoms with Gasteiger partial charge in [-0.1, -0.05) is 24.3 Å². The fourth-order valence-electron chi connectivity index (χ4n) is 6.18. The summed E-state index contributed by atoms with van der Waals surface area (Å²) in [7, 11) is 0. The molecule has 5 aromatic rings. The standard InChI is InChI=1S/C32H32F2N2O3/c1-18-17-39-19(2)27(18)22-15-26-29(35-16-22)24-9-10-25(32(3,4)37)28(34)31(24)36(26)30(21-11-13-38-14-12-21)20-5-7-23(33)8-6-20/h5-10,15-17,21,30,37H,11-14H2,1-4H3. The number of aromatic nitrogens is 2. The van der Waals surface area contributed by atoms with E-state index in [0.29, 0.717) is 29.6 Å². The molecule has 2 aromatic carbocycles. The lowest BCUT2D eigenvalue weighted by Crippen LogP contribution is -2.27. The molecule has 7 heteroatoms. The van der Waals surface area contributed by atoms with Gasteiger partial charge in [0.05, 0.1) is 34.5 Å². The summed E-state index contributed by atoms with van der Waals surface area (Å²) in [5.41, 5.74) is 4.38. The van der Waals surface area contributed by atoms with Gasteiger partial charge in [-0.2, -0.15) is 0 Å². The minimum atomic E-state index is -1.38. The summed E-state index contributed by atoms with van der Waals surface area (Å²) >= 11 is 0. The first-order valence-electron chi connectivity index (χ1n) is 13.4. The van der Waals surface area contributed by atoms with Crippen molar-refractivity contribution in [3.63, 3.8) is 0 Å². The van der Waals surface area contributed by atoms with Crippen molar-refractivity contribution >= 4 is 21.9 Å². The van der Waals surface area contributed by atoms with Gasteiger partial charge in [-0.3, -0.25) is 4.98 Å². The number of rotatable bonds is 5. The Balaban J connectivity index is 1.73. The zero-order chi connectivity index (χ0) is 27.5. The lowest BCUT2D eigenvalue weighted by atomic mass is 9.86. The van der Waals surface area contributed by atoms with Gasteiger partial charge in [0.1, 0.15) is 11.6 Å². The molecule has 3 aromatic heterocycles. The van der Waals surface area contributed by atoms with E-state index in [2.05, 4.69) is 0 Å². The number of fused-ring (bicyclic) bond motifs is 3. The highest BCUT2D eigenvalue weighted by Gasteiger charge is 2.33. The number of pyridine rings is 1. The molecule has 0 amide bonds. The largest absolute Gasteiger partial charge is 0.469 e. The molecule has 0 saturated carbocycles. The molecule has 202 valence electrons. The van der Waals surface area contributed by atoms with E-state index in [1.807, 2.05) is 30.5 Å². The molecule has 1 N–H and O–H groups in total. The van der Waals surface area contributed by atoms with Crippen molar-refractivity contribution in [2.24, 2.45) is 5.92 Å². The van der Waals surface area contributed by atoms with E-state index in [4.69, 9.17) is 14.1 Å². The molecule has 1 saturated heterocycles. The molecule has 1 fully saturated rings. The molecule has 1 atom stereocenters. The Labute approximate surface area is 226 Å². The number of hydrogen-bond donors (Lipinski definition) is 1. The predicted octanol–water partition coefficient (Wildman–Crippen LogP) is 7.59. The van der Waals surface area contributed by atoms with Crippen molar-refractivity contribution in [1.82, 2.24) is 9.55 Å². The van der Waals surface area contributed by atoms with Crippen molar-refractivity contribution in [2.45, 2.75) is 52.2 Å². The molecule has 39 heavy (non-hydrogen) atoms. The monoisotopic (exact) mass is 530 g/mol. The number of hydrogen-bond acceptors (Lipinski definition) is 4. The minimum absolute atomic E-state index is 0.120. The van der Waals surface area contributed by atoms with E-state index >= 15 is 4.39 Å². The summed E-state index contributed by atoms with van der Waals surface area (Å²) < 4.78 is 44.0. The number of ether oxygens (including phenoxy) is 1. The van der Waals surface area contributed by atoms with Crippen LogP contribution in [0.3, 0.4) is 0 Å². The van der Waals surface area contributed by atoms with Crippen LogP contribution in [-0.4, -0.2) is 27.9 Å². The number of aryl methyl sites for hydroxylation is 2. The molecule has 5 nitrogen and oxygen atoms in total. The van der Waals surface area contributed by atoms with Gasteiger partial charge in [-0.05, 0) is 75.8 Å². The van der Waals surface area contributed by atoms with Crippen LogP contribution >= 0.6 is 0 Å². The number of benzene rings is 2. The van der Waals surface area contributed by atoms with Crippen LogP contribution in [0.15, 0.2) is 59.3 Å². The van der Waals surface area contributed by atoms with Crippen molar-refractivity contribution in [1.29, 1.82) is 0 Å². The summed E-state index contributed by atoms with van der Waals surface area (Å²) in [6.45, 7) is 8.29. The third-order valence-corrected chi connectivity index (χ3v) is 8.05. The second-order valence-electron chi connectivity index (χ2n) is 11.1. The van der Waals surface area contributed by atoms with Crippen LogP contribution < -0.4 is 0 Å². The fraction of sp³-hybridized carbons (Fsp3) is 0.344. The molecular weight excluding hydrogens is 498 g/mol. The van der Waals surface area contributed by atoms with E-state index in [1.54, 1.807) is 44.5 Å². The Bertz CT molecular complexity index is 1650. The summed E-state index contributed by atoms with van der Waals surface area (Å²) in [6, 6.07) is 11.7. The van der Waals surface area contributed by atoms with Gasteiger partial charge in [0, 0.05) is 41.5 Å². The molecule has 1 aliphatic heterocycles. The predicted molar refractivity (Wildman–Crippen MR) is 148 cm³/mol. The first kappa shape index (κ1) is 25.7. The molecule has 0 spiro atoms. The quantitative estimate of drug-likeness (QED) is 0.254. The van der Waals surface area contributed by atoms with E-state index < -0.39 is 11.4 Å². The first-order valence-corrected chi connectivity index (χ1v) is 13.4. The van der Waals surface area contributed by atoms with Gasteiger partial charge in [0.15, 0.2) is 5.82 Å². The van der Waals surface area contributed by atoms with Gasteiger partial charge in [0.25, 0.3) is 0 Å². The molecule has 1 unspecified atom stereocenters. The van der Waals surface area contributed by atoms with Gasteiger partial charge in [-0.25, -0.2) is 8.78 Å². The van der Waals surface area contributed by atoms with Crippen LogP contribution in [-0.2, 0) is 10.3 Å². The average Bonchev–Trinajstić information content (AvgIpc) is 3.42. The summed E-state index contributed by atoms with van der Waals surface area (Å²) in [5, 5.41) is 11.5. The summed E-state index contributed by atoms with van der Waals surface area (Å²) in [6.07, 6.45) is 5.09. The number of furan rings is 1. The van der Waals surface area contributed by atoms with Crippen molar-refractivity contribution in [3.05, 3.63) is 89.0 Å². The van der Waals surface area contributed by atoms with E-state index in [-0.39, 0.29) is 23.3 Å². The van der Waals surface area contributed by atoms with Crippen LogP contribution in [0, 0.1) is 31.4 Å². The Morgan fingerprint density at radius 3 is 2.41 bits per heavy atom. The number of aliphatic hydroxyl groups is 1. The molecule has 0 aliphatic carbocycles. The van der Waals surface area contributed by atoms with E-state index in [1.165, 1.54) is 12.1 Å². The summed E-state index contributed by atoms with van der Waals surface area (Å²) in [4.78, 5) is 4.86. The zero-order valence-electron chi connectivity index (χ0n) is 22.6. The molecule has 0 radical (unpaired) electrons. The van der Waals surface area contributed by atoms with Gasteiger partial charge >= 0.3 is 0 Å². The van der Waals surface area contributed by atoms with Gasteiger partial charge in [0.2, 0.25) is 0 Å². The highest BCUT2D eigenvalue weighted by atomic mass is 19.1. The second kappa shape index (κ2) is 9.57.